The van der Waals surface area contributed by atoms with Crippen molar-refractivity contribution in [2.45, 2.75) is 19.3 Å². The molecule has 0 saturated carbocycles. The highest BCUT2D eigenvalue weighted by atomic mass is 16.4. The topological polar surface area (TPSA) is 93.4 Å². The SMILES string of the molecule is N#C/C(=C/N1CCCC1)C(=O)NCCC(=O)O. The first kappa shape index (κ1) is 13.0. The Hall–Kier alpha value is -2.03. The Morgan fingerprint density at radius 3 is 2.59 bits per heavy atom. The summed E-state index contributed by atoms with van der Waals surface area (Å²) in [5.41, 5.74) is 0.0253. The molecule has 17 heavy (non-hydrogen) atoms. The second-order valence-electron chi connectivity index (χ2n) is 3.80. The fourth-order valence-electron chi connectivity index (χ4n) is 1.57. The third-order valence-electron chi connectivity index (χ3n) is 2.44. The number of carbonyl (C=O) groups is 2. The van der Waals surface area contributed by atoms with Crippen LogP contribution < -0.4 is 5.32 Å². The van der Waals surface area contributed by atoms with Gasteiger partial charge in [0, 0.05) is 25.8 Å². The number of carboxylic acid groups (broad SMARTS) is 1. The van der Waals surface area contributed by atoms with Crippen LogP contribution in [0.2, 0.25) is 0 Å². The average molecular weight is 237 g/mol. The first-order valence-corrected chi connectivity index (χ1v) is 5.49. The number of carbonyl (C=O) groups excluding carboxylic acids is 1. The molecule has 1 fully saturated rings. The van der Waals surface area contributed by atoms with E-state index in [-0.39, 0.29) is 18.5 Å². The maximum atomic E-state index is 11.5. The molecular formula is C11H15N3O3. The monoisotopic (exact) mass is 237 g/mol. The summed E-state index contributed by atoms with van der Waals surface area (Å²) in [6.07, 6.45) is 3.53. The molecule has 0 aromatic carbocycles. The minimum Gasteiger partial charge on any atom is -0.481 e. The molecule has 1 saturated heterocycles. The number of nitrogens with zero attached hydrogens (tertiary/aromatic N) is 2. The lowest BCUT2D eigenvalue weighted by Crippen LogP contribution is -2.28. The number of likely N-dealkylation sites (tertiary alicyclic amines) is 1. The number of aliphatic carboxylic acids is 1. The summed E-state index contributed by atoms with van der Waals surface area (Å²) in [5.74, 6) is -1.49. The molecule has 0 bridgehead atoms. The summed E-state index contributed by atoms with van der Waals surface area (Å²) >= 11 is 0. The highest BCUT2D eigenvalue weighted by molar-refractivity contribution is 5.97. The predicted octanol–water partition coefficient (Wildman–Crippen LogP) is 0.0806. The Balaban J connectivity index is 2.46. The first-order valence-electron chi connectivity index (χ1n) is 5.49. The molecule has 1 rings (SSSR count). The molecule has 0 aromatic rings. The third-order valence-corrected chi connectivity index (χ3v) is 2.44. The van der Waals surface area contributed by atoms with Crippen molar-refractivity contribution in [2.75, 3.05) is 19.6 Å². The van der Waals surface area contributed by atoms with E-state index < -0.39 is 11.9 Å². The summed E-state index contributed by atoms with van der Waals surface area (Å²) in [6, 6.07) is 1.83. The maximum Gasteiger partial charge on any atom is 0.305 e. The molecule has 1 aliphatic heterocycles. The molecule has 0 aromatic heterocycles. The number of hydrogen-bond donors (Lipinski definition) is 2. The van der Waals surface area contributed by atoms with Gasteiger partial charge in [0.15, 0.2) is 0 Å². The fraction of sp³-hybridized carbons (Fsp3) is 0.545. The van der Waals surface area contributed by atoms with E-state index in [4.69, 9.17) is 10.4 Å². The minimum atomic E-state index is -0.979. The highest BCUT2D eigenvalue weighted by Gasteiger charge is 2.13. The molecule has 1 aliphatic rings. The Labute approximate surface area is 99.5 Å². The smallest absolute Gasteiger partial charge is 0.305 e. The molecule has 0 aliphatic carbocycles. The number of carboxylic acids is 1. The Morgan fingerprint density at radius 1 is 1.41 bits per heavy atom. The van der Waals surface area contributed by atoms with Gasteiger partial charge in [-0.3, -0.25) is 9.59 Å². The second kappa shape index (κ2) is 6.53. The van der Waals surface area contributed by atoms with E-state index in [1.165, 1.54) is 0 Å². The van der Waals surface area contributed by atoms with Crippen molar-refractivity contribution in [1.29, 1.82) is 5.26 Å². The molecular weight excluding hydrogens is 222 g/mol. The zero-order chi connectivity index (χ0) is 12.7. The van der Waals surface area contributed by atoms with Gasteiger partial charge in [0.25, 0.3) is 5.91 Å². The van der Waals surface area contributed by atoms with Crippen LogP contribution in [0.15, 0.2) is 11.8 Å². The van der Waals surface area contributed by atoms with Crippen LogP contribution in [0.5, 0.6) is 0 Å². The number of hydrogen-bond acceptors (Lipinski definition) is 4. The average Bonchev–Trinajstić information content (AvgIpc) is 2.77. The molecule has 6 heteroatoms. The molecule has 92 valence electrons. The summed E-state index contributed by atoms with van der Waals surface area (Å²) in [6.45, 7) is 1.74. The van der Waals surface area contributed by atoms with Gasteiger partial charge in [-0.05, 0) is 12.8 Å². The molecule has 6 nitrogen and oxygen atoms in total. The van der Waals surface area contributed by atoms with Gasteiger partial charge < -0.3 is 15.3 Å². The fourth-order valence-corrected chi connectivity index (χ4v) is 1.57. The number of nitriles is 1. The zero-order valence-electron chi connectivity index (χ0n) is 9.48. The number of amides is 1. The van der Waals surface area contributed by atoms with E-state index in [2.05, 4.69) is 5.32 Å². The lowest BCUT2D eigenvalue weighted by atomic mass is 10.3. The van der Waals surface area contributed by atoms with Crippen LogP contribution >= 0.6 is 0 Å². The van der Waals surface area contributed by atoms with Gasteiger partial charge >= 0.3 is 5.97 Å². The zero-order valence-corrected chi connectivity index (χ0v) is 9.48. The van der Waals surface area contributed by atoms with Crippen LogP contribution in [-0.4, -0.2) is 41.5 Å². The lowest BCUT2D eigenvalue weighted by Gasteiger charge is -2.11. The third kappa shape index (κ3) is 4.55. The normalized spacial score (nSPS) is 15.5. The van der Waals surface area contributed by atoms with Crippen molar-refractivity contribution in [1.82, 2.24) is 10.2 Å². The minimum absolute atomic E-state index is 0.0253. The van der Waals surface area contributed by atoms with Crippen LogP contribution in [0.3, 0.4) is 0 Å². The van der Waals surface area contributed by atoms with E-state index in [1.54, 1.807) is 6.20 Å². The lowest BCUT2D eigenvalue weighted by molar-refractivity contribution is -0.136. The van der Waals surface area contributed by atoms with Crippen molar-refractivity contribution < 1.29 is 14.7 Å². The first-order chi connectivity index (χ1) is 8.13. The van der Waals surface area contributed by atoms with Crippen LogP contribution in [-0.2, 0) is 9.59 Å². The van der Waals surface area contributed by atoms with Crippen LogP contribution in [0.25, 0.3) is 0 Å². The van der Waals surface area contributed by atoms with Crippen LogP contribution in [0.1, 0.15) is 19.3 Å². The van der Waals surface area contributed by atoms with Gasteiger partial charge in [0.05, 0.1) is 6.42 Å². The van der Waals surface area contributed by atoms with Crippen molar-refractivity contribution in [2.24, 2.45) is 0 Å². The molecule has 0 unspecified atom stereocenters. The van der Waals surface area contributed by atoms with E-state index in [1.807, 2.05) is 11.0 Å². The van der Waals surface area contributed by atoms with Crippen molar-refractivity contribution in [3.05, 3.63) is 11.8 Å². The molecule has 0 spiro atoms. The van der Waals surface area contributed by atoms with E-state index in [0.717, 1.165) is 25.9 Å². The summed E-state index contributed by atoms with van der Waals surface area (Å²) < 4.78 is 0. The van der Waals surface area contributed by atoms with Crippen molar-refractivity contribution >= 4 is 11.9 Å². The Bertz CT molecular complexity index is 365. The predicted molar refractivity (Wildman–Crippen MR) is 59.8 cm³/mol. The summed E-state index contributed by atoms with van der Waals surface area (Å²) in [4.78, 5) is 23.7. The van der Waals surface area contributed by atoms with Gasteiger partial charge in [0.2, 0.25) is 0 Å². The van der Waals surface area contributed by atoms with E-state index >= 15 is 0 Å². The van der Waals surface area contributed by atoms with Gasteiger partial charge in [0.1, 0.15) is 11.6 Å². The van der Waals surface area contributed by atoms with Gasteiger partial charge in [-0.1, -0.05) is 0 Å². The van der Waals surface area contributed by atoms with E-state index in [9.17, 15) is 9.59 Å². The van der Waals surface area contributed by atoms with E-state index in [0.29, 0.717) is 0 Å². The summed E-state index contributed by atoms with van der Waals surface area (Å²) in [5, 5.41) is 19.7. The molecule has 0 radical (unpaired) electrons. The van der Waals surface area contributed by atoms with Crippen molar-refractivity contribution in [3.63, 3.8) is 0 Å². The molecule has 1 amide bonds. The van der Waals surface area contributed by atoms with Gasteiger partial charge in [-0.2, -0.15) is 5.26 Å². The van der Waals surface area contributed by atoms with Gasteiger partial charge in [-0.25, -0.2) is 0 Å². The maximum absolute atomic E-state index is 11.5. The van der Waals surface area contributed by atoms with Crippen LogP contribution in [0, 0.1) is 11.3 Å². The molecule has 2 N–H and O–H groups in total. The second-order valence-corrected chi connectivity index (χ2v) is 3.80. The number of nitrogens with one attached hydrogen (secondary N) is 1. The molecule has 1 heterocycles. The van der Waals surface area contributed by atoms with Crippen LogP contribution in [0.4, 0.5) is 0 Å². The highest BCUT2D eigenvalue weighted by Crippen LogP contribution is 2.09. The summed E-state index contributed by atoms with van der Waals surface area (Å²) in [7, 11) is 0. The molecule has 0 atom stereocenters. The Kier molecular flexibility index (Phi) is 5.01. The van der Waals surface area contributed by atoms with Crippen molar-refractivity contribution in [3.8, 4) is 6.07 Å². The Morgan fingerprint density at radius 2 is 2.06 bits per heavy atom. The van der Waals surface area contributed by atoms with Gasteiger partial charge in [-0.15, -0.1) is 0 Å². The standard InChI is InChI=1S/C11H15N3O3/c12-7-9(8-14-5-1-2-6-14)11(17)13-4-3-10(15)16/h8H,1-6H2,(H,13,17)(H,15,16)/b9-8-. The quantitative estimate of drug-likeness (QED) is 0.521. The number of rotatable bonds is 5. The largest absolute Gasteiger partial charge is 0.481 e.